The molecule has 0 aliphatic carbocycles. The standard InChI is InChI=1S/C14H18N6/c1-11-8-17-14(18-9-11)20-6-4-19(5-7-20)12-2-3-13(15)16-10-12/h2-3,8-10H,4-7H2,1H3,(H2,15,16). The number of nitrogens with two attached hydrogens (primary N) is 1. The third kappa shape index (κ3) is 2.64. The Labute approximate surface area is 118 Å². The highest BCUT2D eigenvalue weighted by Gasteiger charge is 2.19. The first-order valence-corrected chi connectivity index (χ1v) is 6.72. The number of aromatic nitrogens is 3. The third-order valence-corrected chi connectivity index (χ3v) is 3.47. The summed E-state index contributed by atoms with van der Waals surface area (Å²) in [6.45, 7) is 5.68. The molecule has 2 N–H and O–H groups in total. The van der Waals surface area contributed by atoms with Crippen LogP contribution in [0, 0.1) is 6.92 Å². The van der Waals surface area contributed by atoms with E-state index in [0.29, 0.717) is 5.82 Å². The number of hydrogen-bond donors (Lipinski definition) is 1. The molecule has 0 unspecified atom stereocenters. The van der Waals surface area contributed by atoms with E-state index in [4.69, 9.17) is 5.73 Å². The van der Waals surface area contributed by atoms with Gasteiger partial charge in [0.25, 0.3) is 0 Å². The predicted octanol–water partition coefficient (Wildman–Crippen LogP) is 1.09. The van der Waals surface area contributed by atoms with E-state index < -0.39 is 0 Å². The second-order valence-electron chi connectivity index (χ2n) is 4.98. The van der Waals surface area contributed by atoms with Crippen LogP contribution in [0.5, 0.6) is 0 Å². The highest BCUT2D eigenvalue weighted by Crippen LogP contribution is 2.18. The van der Waals surface area contributed by atoms with Crippen molar-refractivity contribution in [1.29, 1.82) is 0 Å². The fourth-order valence-electron chi connectivity index (χ4n) is 2.30. The number of anilines is 3. The number of hydrogen-bond acceptors (Lipinski definition) is 6. The van der Waals surface area contributed by atoms with E-state index in [1.807, 2.05) is 37.6 Å². The lowest BCUT2D eigenvalue weighted by atomic mass is 10.3. The average Bonchev–Trinajstić information content (AvgIpc) is 2.49. The Balaban J connectivity index is 1.64. The molecule has 0 saturated carbocycles. The van der Waals surface area contributed by atoms with Crippen molar-refractivity contribution in [3.63, 3.8) is 0 Å². The van der Waals surface area contributed by atoms with Gasteiger partial charge in [0.05, 0.1) is 11.9 Å². The van der Waals surface area contributed by atoms with Gasteiger partial charge in [-0.1, -0.05) is 0 Å². The smallest absolute Gasteiger partial charge is 0.225 e. The molecule has 1 fully saturated rings. The molecular weight excluding hydrogens is 252 g/mol. The van der Waals surface area contributed by atoms with Crippen molar-refractivity contribution in [3.05, 3.63) is 36.3 Å². The monoisotopic (exact) mass is 270 g/mol. The molecule has 0 radical (unpaired) electrons. The first-order chi connectivity index (χ1) is 9.72. The van der Waals surface area contributed by atoms with Crippen molar-refractivity contribution in [3.8, 4) is 0 Å². The Kier molecular flexibility index (Phi) is 3.37. The van der Waals surface area contributed by atoms with Gasteiger partial charge in [0, 0.05) is 38.6 Å². The summed E-state index contributed by atoms with van der Waals surface area (Å²) in [6, 6.07) is 3.85. The van der Waals surface area contributed by atoms with E-state index in [2.05, 4.69) is 24.8 Å². The highest BCUT2D eigenvalue weighted by molar-refractivity contribution is 5.49. The van der Waals surface area contributed by atoms with Gasteiger partial charge in [-0.15, -0.1) is 0 Å². The molecule has 6 heteroatoms. The van der Waals surface area contributed by atoms with Crippen molar-refractivity contribution in [2.24, 2.45) is 0 Å². The summed E-state index contributed by atoms with van der Waals surface area (Å²) in [7, 11) is 0. The zero-order valence-corrected chi connectivity index (χ0v) is 11.5. The van der Waals surface area contributed by atoms with Crippen molar-refractivity contribution >= 4 is 17.5 Å². The molecule has 3 heterocycles. The second kappa shape index (κ2) is 5.32. The second-order valence-corrected chi connectivity index (χ2v) is 4.98. The van der Waals surface area contributed by atoms with Gasteiger partial charge in [0.1, 0.15) is 5.82 Å². The fourth-order valence-corrected chi connectivity index (χ4v) is 2.30. The van der Waals surface area contributed by atoms with E-state index in [-0.39, 0.29) is 0 Å². The van der Waals surface area contributed by atoms with Crippen molar-refractivity contribution in [1.82, 2.24) is 15.0 Å². The Bertz CT molecular complexity index is 504. The van der Waals surface area contributed by atoms with Crippen LogP contribution >= 0.6 is 0 Å². The molecule has 0 spiro atoms. The van der Waals surface area contributed by atoms with Crippen LogP contribution in [0.3, 0.4) is 0 Å². The predicted molar refractivity (Wildman–Crippen MR) is 79.8 cm³/mol. The summed E-state index contributed by atoms with van der Waals surface area (Å²) in [5.41, 5.74) is 7.81. The van der Waals surface area contributed by atoms with Gasteiger partial charge in [0.15, 0.2) is 0 Å². The minimum atomic E-state index is 0.556. The SMILES string of the molecule is Cc1cnc(N2CCN(c3ccc(N)nc3)CC2)nc1. The molecule has 104 valence electrons. The number of pyridine rings is 1. The van der Waals surface area contributed by atoms with Gasteiger partial charge in [-0.3, -0.25) is 0 Å². The highest BCUT2D eigenvalue weighted by atomic mass is 15.3. The minimum absolute atomic E-state index is 0.556. The molecule has 20 heavy (non-hydrogen) atoms. The number of piperazine rings is 1. The molecule has 2 aromatic heterocycles. The number of nitrogens with zero attached hydrogens (tertiary/aromatic N) is 5. The summed E-state index contributed by atoms with van der Waals surface area (Å²) in [5.74, 6) is 1.37. The first kappa shape index (κ1) is 12.7. The Morgan fingerprint density at radius 1 is 0.900 bits per heavy atom. The van der Waals surface area contributed by atoms with E-state index in [1.165, 1.54) is 0 Å². The maximum Gasteiger partial charge on any atom is 0.225 e. The Morgan fingerprint density at radius 2 is 1.55 bits per heavy atom. The van der Waals surface area contributed by atoms with Gasteiger partial charge in [-0.25, -0.2) is 15.0 Å². The van der Waals surface area contributed by atoms with Gasteiger partial charge in [-0.2, -0.15) is 0 Å². The van der Waals surface area contributed by atoms with Crippen molar-refractivity contribution < 1.29 is 0 Å². The number of rotatable bonds is 2. The molecule has 2 aromatic rings. The normalized spacial score (nSPS) is 15.4. The molecule has 1 saturated heterocycles. The molecule has 6 nitrogen and oxygen atoms in total. The van der Waals surface area contributed by atoms with E-state index >= 15 is 0 Å². The molecule has 3 rings (SSSR count). The Morgan fingerprint density at radius 3 is 2.15 bits per heavy atom. The first-order valence-electron chi connectivity index (χ1n) is 6.72. The van der Waals surface area contributed by atoms with Crippen LogP contribution in [-0.2, 0) is 0 Å². The van der Waals surface area contributed by atoms with Crippen LogP contribution in [0.2, 0.25) is 0 Å². The maximum atomic E-state index is 5.61. The molecule has 0 bridgehead atoms. The molecule has 1 aliphatic rings. The lowest BCUT2D eigenvalue weighted by molar-refractivity contribution is 0.639. The van der Waals surface area contributed by atoms with Gasteiger partial charge in [-0.05, 0) is 24.6 Å². The lowest BCUT2D eigenvalue weighted by Gasteiger charge is -2.35. The average molecular weight is 270 g/mol. The minimum Gasteiger partial charge on any atom is -0.384 e. The largest absolute Gasteiger partial charge is 0.384 e. The molecule has 0 amide bonds. The van der Waals surface area contributed by atoms with Crippen molar-refractivity contribution in [2.45, 2.75) is 6.92 Å². The zero-order chi connectivity index (χ0) is 13.9. The quantitative estimate of drug-likeness (QED) is 0.880. The Hall–Kier alpha value is -2.37. The van der Waals surface area contributed by atoms with Gasteiger partial charge in [0.2, 0.25) is 5.95 Å². The topological polar surface area (TPSA) is 71.2 Å². The van der Waals surface area contributed by atoms with E-state index in [0.717, 1.165) is 43.4 Å². The van der Waals surface area contributed by atoms with E-state index in [9.17, 15) is 0 Å². The summed E-state index contributed by atoms with van der Waals surface area (Å²) < 4.78 is 0. The van der Waals surface area contributed by atoms with Crippen LogP contribution < -0.4 is 15.5 Å². The molecule has 1 aliphatic heterocycles. The fraction of sp³-hybridized carbons (Fsp3) is 0.357. The lowest BCUT2D eigenvalue weighted by Crippen LogP contribution is -2.47. The number of aryl methyl sites for hydroxylation is 1. The molecule has 0 atom stereocenters. The summed E-state index contributed by atoms with van der Waals surface area (Å²) >= 11 is 0. The van der Waals surface area contributed by atoms with Crippen LogP contribution in [-0.4, -0.2) is 41.1 Å². The molecule has 0 aromatic carbocycles. The number of nitrogen functional groups attached to an aromatic ring is 1. The van der Waals surface area contributed by atoms with E-state index in [1.54, 1.807) is 0 Å². The third-order valence-electron chi connectivity index (χ3n) is 3.47. The maximum absolute atomic E-state index is 5.61. The van der Waals surface area contributed by atoms with Crippen LogP contribution in [0.1, 0.15) is 5.56 Å². The zero-order valence-electron chi connectivity index (χ0n) is 11.5. The van der Waals surface area contributed by atoms with Gasteiger partial charge < -0.3 is 15.5 Å². The van der Waals surface area contributed by atoms with Crippen LogP contribution in [0.25, 0.3) is 0 Å². The summed E-state index contributed by atoms with van der Waals surface area (Å²) in [4.78, 5) is 17.4. The van der Waals surface area contributed by atoms with Crippen molar-refractivity contribution in [2.75, 3.05) is 41.7 Å². The van der Waals surface area contributed by atoms with Crippen LogP contribution in [0.15, 0.2) is 30.7 Å². The summed E-state index contributed by atoms with van der Waals surface area (Å²) in [6.07, 6.45) is 5.55. The van der Waals surface area contributed by atoms with Gasteiger partial charge >= 0.3 is 0 Å². The van der Waals surface area contributed by atoms with Crippen LogP contribution in [0.4, 0.5) is 17.5 Å². The molecular formula is C14H18N6. The summed E-state index contributed by atoms with van der Waals surface area (Å²) in [5, 5.41) is 0.